The molecular weight excluding hydrogens is 266 g/mol. The number of fused-ring (bicyclic) bond motifs is 1. The lowest BCUT2D eigenvalue weighted by atomic mass is 10.0. The summed E-state index contributed by atoms with van der Waals surface area (Å²) in [6, 6.07) is 9.58. The van der Waals surface area contributed by atoms with Gasteiger partial charge in [0.1, 0.15) is 0 Å². The molecule has 1 fully saturated rings. The van der Waals surface area contributed by atoms with Crippen LogP contribution >= 0.6 is 11.3 Å². The Morgan fingerprint density at radius 3 is 2.85 bits per heavy atom. The molecule has 1 aromatic heterocycles. The molecule has 3 nitrogen and oxygen atoms in total. The van der Waals surface area contributed by atoms with Crippen LogP contribution in [-0.4, -0.2) is 23.4 Å². The number of hydrogen-bond acceptors (Lipinski definition) is 4. The summed E-state index contributed by atoms with van der Waals surface area (Å²) in [5, 5.41) is 3.67. The third kappa shape index (κ3) is 1.82. The van der Waals surface area contributed by atoms with E-state index < -0.39 is 0 Å². The molecular formula is C16H19N3S. The van der Waals surface area contributed by atoms with E-state index in [4.69, 9.17) is 5.73 Å². The van der Waals surface area contributed by atoms with E-state index in [1.165, 1.54) is 41.3 Å². The molecule has 0 spiro atoms. The lowest BCUT2D eigenvalue weighted by Gasteiger charge is -2.32. The minimum atomic E-state index is 0.342. The topological polar surface area (TPSA) is 41.6 Å². The van der Waals surface area contributed by atoms with E-state index >= 15 is 0 Å². The standard InChI is InChI=1S/C16H19N3S/c17-16-18-9-14(19(16)11-5-1-2-6-11)13-10-20-15-8-4-3-7-12(13)15/h3-4,7-8,10-11,14H,1-2,5-6,9H2,(H2,17,18). The van der Waals surface area contributed by atoms with Crippen LogP contribution in [0.15, 0.2) is 34.6 Å². The van der Waals surface area contributed by atoms with Crippen molar-refractivity contribution < 1.29 is 0 Å². The van der Waals surface area contributed by atoms with Gasteiger partial charge in [-0.15, -0.1) is 11.3 Å². The highest BCUT2D eigenvalue weighted by Gasteiger charge is 2.35. The van der Waals surface area contributed by atoms with Crippen LogP contribution in [0.5, 0.6) is 0 Å². The monoisotopic (exact) mass is 285 g/mol. The molecule has 2 aromatic rings. The Labute approximate surface area is 123 Å². The molecule has 1 atom stereocenters. The molecule has 1 aromatic carbocycles. The molecule has 1 aliphatic carbocycles. The molecule has 1 saturated carbocycles. The van der Waals surface area contributed by atoms with Gasteiger partial charge in [0.15, 0.2) is 5.96 Å². The van der Waals surface area contributed by atoms with Crippen LogP contribution in [0.4, 0.5) is 0 Å². The van der Waals surface area contributed by atoms with Gasteiger partial charge in [-0.1, -0.05) is 31.0 Å². The number of guanidine groups is 1. The molecule has 1 aliphatic heterocycles. The van der Waals surface area contributed by atoms with Crippen molar-refractivity contribution in [1.29, 1.82) is 0 Å². The maximum Gasteiger partial charge on any atom is 0.192 e. The normalized spacial score (nSPS) is 23.7. The molecule has 20 heavy (non-hydrogen) atoms. The van der Waals surface area contributed by atoms with Gasteiger partial charge in [-0.2, -0.15) is 0 Å². The summed E-state index contributed by atoms with van der Waals surface area (Å²) in [6.45, 7) is 0.809. The molecule has 2 heterocycles. The predicted octanol–water partition coefficient (Wildman–Crippen LogP) is 3.52. The van der Waals surface area contributed by atoms with Gasteiger partial charge in [-0.05, 0) is 35.2 Å². The fourth-order valence-electron chi connectivity index (χ4n) is 3.64. The van der Waals surface area contributed by atoms with E-state index in [1.54, 1.807) is 0 Å². The first-order valence-corrected chi connectivity index (χ1v) is 8.27. The first-order chi connectivity index (χ1) is 9.84. The Hall–Kier alpha value is -1.55. The average Bonchev–Trinajstić information content (AvgIpc) is 3.16. The van der Waals surface area contributed by atoms with Crippen LogP contribution in [0.1, 0.15) is 37.3 Å². The van der Waals surface area contributed by atoms with Crippen molar-refractivity contribution in [3.05, 3.63) is 35.2 Å². The SMILES string of the molecule is NC1=NCC(c2csc3ccccc23)N1C1CCCC1. The fraction of sp³-hybridized carbons (Fsp3) is 0.438. The van der Waals surface area contributed by atoms with E-state index in [1.807, 2.05) is 11.3 Å². The van der Waals surface area contributed by atoms with Crippen molar-refractivity contribution >= 4 is 27.4 Å². The number of aliphatic imine (C=N–C) groups is 1. The van der Waals surface area contributed by atoms with Crippen LogP contribution < -0.4 is 5.73 Å². The van der Waals surface area contributed by atoms with Gasteiger partial charge in [-0.3, -0.25) is 4.99 Å². The van der Waals surface area contributed by atoms with Gasteiger partial charge in [0.2, 0.25) is 0 Å². The Morgan fingerprint density at radius 2 is 2.00 bits per heavy atom. The van der Waals surface area contributed by atoms with E-state index in [-0.39, 0.29) is 0 Å². The molecule has 0 bridgehead atoms. The first-order valence-electron chi connectivity index (χ1n) is 7.39. The Kier molecular flexibility index (Phi) is 2.91. The lowest BCUT2D eigenvalue weighted by Crippen LogP contribution is -2.42. The summed E-state index contributed by atoms with van der Waals surface area (Å²) in [5.74, 6) is 0.747. The molecule has 104 valence electrons. The lowest BCUT2D eigenvalue weighted by molar-refractivity contribution is 0.263. The van der Waals surface area contributed by atoms with Crippen LogP contribution in [0.3, 0.4) is 0 Å². The summed E-state index contributed by atoms with van der Waals surface area (Å²) >= 11 is 1.83. The zero-order chi connectivity index (χ0) is 13.5. The molecule has 0 saturated heterocycles. The third-order valence-electron chi connectivity index (χ3n) is 4.61. The number of rotatable bonds is 2. The van der Waals surface area contributed by atoms with Crippen molar-refractivity contribution in [2.45, 2.75) is 37.8 Å². The quantitative estimate of drug-likeness (QED) is 0.917. The predicted molar refractivity (Wildman–Crippen MR) is 85.2 cm³/mol. The van der Waals surface area contributed by atoms with Crippen LogP contribution in [0.25, 0.3) is 10.1 Å². The van der Waals surface area contributed by atoms with Crippen LogP contribution in [0.2, 0.25) is 0 Å². The number of benzene rings is 1. The molecule has 0 amide bonds. The third-order valence-corrected chi connectivity index (χ3v) is 5.60. The number of hydrogen-bond donors (Lipinski definition) is 1. The molecule has 1 unspecified atom stereocenters. The molecule has 4 heteroatoms. The zero-order valence-electron chi connectivity index (χ0n) is 11.5. The molecule has 0 radical (unpaired) electrons. The van der Waals surface area contributed by atoms with Gasteiger partial charge < -0.3 is 10.6 Å². The molecule has 2 N–H and O–H groups in total. The number of nitrogens with zero attached hydrogens (tertiary/aromatic N) is 2. The van der Waals surface area contributed by atoms with Gasteiger partial charge >= 0.3 is 0 Å². The minimum absolute atomic E-state index is 0.342. The Morgan fingerprint density at radius 1 is 1.20 bits per heavy atom. The summed E-state index contributed by atoms with van der Waals surface area (Å²) in [5.41, 5.74) is 7.58. The van der Waals surface area contributed by atoms with E-state index in [2.05, 4.69) is 39.5 Å². The van der Waals surface area contributed by atoms with E-state index in [0.717, 1.165) is 12.5 Å². The highest BCUT2D eigenvalue weighted by atomic mass is 32.1. The van der Waals surface area contributed by atoms with Gasteiger partial charge in [0.25, 0.3) is 0 Å². The van der Waals surface area contributed by atoms with Crippen molar-refractivity contribution in [2.75, 3.05) is 6.54 Å². The molecule has 4 rings (SSSR count). The Balaban J connectivity index is 1.73. The van der Waals surface area contributed by atoms with Crippen molar-refractivity contribution in [1.82, 2.24) is 4.90 Å². The average molecular weight is 285 g/mol. The first kappa shape index (κ1) is 12.2. The van der Waals surface area contributed by atoms with Gasteiger partial charge in [0, 0.05) is 10.7 Å². The maximum absolute atomic E-state index is 6.18. The second-order valence-corrected chi connectivity index (χ2v) is 6.66. The minimum Gasteiger partial charge on any atom is -0.370 e. The van der Waals surface area contributed by atoms with E-state index in [0.29, 0.717) is 12.1 Å². The summed E-state index contributed by atoms with van der Waals surface area (Å²) in [6.07, 6.45) is 5.17. The van der Waals surface area contributed by atoms with Crippen molar-refractivity contribution in [3.8, 4) is 0 Å². The highest BCUT2D eigenvalue weighted by molar-refractivity contribution is 7.17. The van der Waals surface area contributed by atoms with Gasteiger partial charge in [0.05, 0.1) is 12.6 Å². The van der Waals surface area contributed by atoms with Crippen molar-refractivity contribution in [3.63, 3.8) is 0 Å². The van der Waals surface area contributed by atoms with Crippen molar-refractivity contribution in [2.24, 2.45) is 10.7 Å². The zero-order valence-corrected chi connectivity index (χ0v) is 12.3. The number of nitrogens with two attached hydrogens (primary N) is 1. The second kappa shape index (κ2) is 4.77. The summed E-state index contributed by atoms with van der Waals surface area (Å²) < 4.78 is 1.36. The maximum atomic E-state index is 6.18. The smallest absolute Gasteiger partial charge is 0.192 e. The van der Waals surface area contributed by atoms with E-state index in [9.17, 15) is 0 Å². The fourth-order valence-corrected chi connectivity index (χ4v) is 4.65. The molecule has 2 aliphatic rings. The highest BCUT2D eigenvalue weighted by Crippen LogP contribution is 2.38. The Bertz CT molecular complexity index is 655. The largest absolute Gasteiger partial charge is 0.370 e. The summed E-state index contributed by atoms with van der Waals surface area (Å²) in [7, 11) is 0. The van der Waals surface area contributed by atoms with Gasteiger partial charge in [-0.25, -0.2) is 0 Å². The summed E-state index contributed by atoms with van der Waals surface area (Å²) in [4.78, 5) is 6.92. The van der Waals surface area contributed by atoms with Crippen LogP contribution in [-0.2, 0) is 0 Å². The van der Waals surface area contributed by atoms with Crippen LogP contribution in [0, 0.1) is 0 Å². The number of thiophene rings is 1. The second-order valence-electron chi connectivity index (χ2n) is 5.75.